The summed E-state index contributed by atoms with van der Waals surface area (Å²) in [7, 11) is -4.45. The molecule has 1 unspecified atom stereocenters. The Morgan fingerprint density at radius 3 is 2.73 bits per heavy atom. The predicted molar refractivity (Wildman–Crippen MR) is 96.3 cm³/mol. The Bertz CT molecular complexity index is 1050. The van der Waals surface area contributed by atoms with E-state index in [0.717, 1.165) is 0 Å². The topological polar surface area (TPSA) is 90.3 Å². The number of hydrogen-bond donors (Lipinski definition) is 1. The number of carbonyl (C=O) groups is 1. The lowest BCUT2D eigenvalue weighted by Gasteiger charge is -2.24. The predicted octanol–water partition coefficient (Wildman–Crippen LogP) is 2.96. The van der Waals surface area contributed by atoms with E-state index in [1.165, 1.54) is 10.9 Å². The van der Waals surface area contributed by atoms with E-state index >= 15 is 0 Å². The Morgan fingerprint density at radius 2 is 2.07 bits per heavy atom. The maximum absolute atomic E-state index is 13.6. The van der Waals surface area contributed by atoms with Crippen molar-refractivity contribution in [1.82, 2.24) is 14.5 Å². The molecule has 2 aromatic rings. The van der Waals surface area contributed by atoms with Crippen LogP contribution in [0.3, 0.4) is 0 Å². The van der Waals surface area contributed by atoms with Gasteiger partial charge in [-0.3, -0.25) is 9.48 Å². The Hall–Kier alpha value is -2.47. The number of rotatable bonds is 6. The molecule has 0 saturated carbocycles. The molecule has 1 aromatic carbocycles. The number of nitrogens with one attached hydrogen (secondary N) is 1. The molecule has 1 heterocycles. The molecule has 7 nitrogen and oxygen atoms in total. The molecule has 164 valence electrons. The third-order valence-electron chi connectivity index (χ3n) is 4.65. The van der Waals surface area contributed by atoms with Crippen LogP contribution >= 0.6 is 0 Å². The van der Waals surface area contributed by atoms with Crippen LogP contribution in [-0.2, 0) is 38.7 Å². The second-order valence-electron chi connectivity index (χ2n) is 6.75. The summed E-state index contributed by atoms with van der Waals surface area (Å²) in [6.07, 6.45) is -2.00. The van der Waals surface area contributed by atoms with E-state index in [9.17, 15) is 30.8 Å². The average Bonchev–Trinajstić information content (AvgIpc) is 3.04. The van der Waals surface area contributed by atoms with Gasteiger partial charge in [-0.2, -0.15) is 18.3 Å². The van der Waals surface area contributed by atoms with E-state index in [1.807, 2.05) is 0 Å². The molecule has 0 saturated heterocycles. The highest BCUT2D eigenvalue weighted by Gasteiger charge is 2.34. The Kier molecular flexibility index (Phi) is 6.18. The Morgan fingerprint density at radius 1 is 1.33 bits per heavy atom. The SMILES string of the molecule is CCOC(=O)Cn1ncc2c1CCCC2NS(=O)(=O)c1cc(F)cc(C(F)(F)F)c1. The van der Waals surface area contributed by atoms with Crippen LogP contribution in [-0.4, -0.2) is 30.8 Å². The van der Waals surface area contributed by atoms with Crippen LogP contribution in [0.25, 0.3) is 0 Å². The quantitative estimate of drug-likeness (QED) is 0.541. The van der Waals surface area contributed by atoms with Crippen LogP contribution in [0.2, 0.25) is 0 Å². The van der Waals surface area contributed by atoms with E-state index in [2.05, 4.69) is 9.82 Å². The molecular formula is C18H19F4N3O4S. The number of fused-ring (bicyclic) bond motifs is 1. The van der Waals surface area contributed by atoms with Gasteiger partial charge in [-0.1, -0.05) is 0 Å². The molecule has 0 amide bonds. The first kappa shape index (κ1) is 22.2. The molecule has 3 rings (SSSR count). The molecule has 0 aliphatic heterocycles. The van der Waals surface area contributed by atoms with Crippen molar-refractivity contribution in [2.75, 3.05) is 6.61 Å². The van der Waals surface area contributed by atoms with Gasteiger partial charge in [-0.25, -0.2) is 17.5 Å². The van der Waals surface area contributed by atoms with Gasteiger partial charge in [-0.05, 0) is 44.4 Å². The summed E-state index contributed by atoms with van der Waals surface area (Å²) in [6, 6.07) is 0.384. The highest BCUT2D eigenvalue weighted by Crippen LogP contribution is 2.33. The van der Waals surface area contributed by atoms with Crippen molar-refractivity contribution in [1.29, 1.82) is 0 Å². The van der Waals surface area contributed by atoms with Crippen molar-refractivity contribution in [3.8, 4) is 0 Å². The van der Waals surface area contributed by atoms with Gasteiger partial charge in [0.25, 0.3) is 0 Å². The molecule has 12 heteroatoms. The second kappa shape index (κ2) is 8.34. The van der Waals surface area contributed by atoms with Gasteiger partial charge in [-0.15, -0.1) is 0 Å². The number of carbonyl (C=O) groups excluding carboxylic acids is 1. The number of nitrogens with zero attached hydrogens (tertiary/aromatic N) is 2. The zero-order valence-electron chi connectivity index (χ0n) is 15.9. The molecule has 1 aliphatic rings. The number of sulfonamides is 1. The van der Waals surface area contributed by atoms with Crippen molar-refractivity contribution >= 4 is 16.0 Å². The molecule has 1 aromatic heterocycles. The lowest BCUT2D eigenvalue weighted by Crippen LogP contribution is -2.31. The van der Waals surface area contributed by atoms with Crippen LogP contribution < -0.4 is 4.72 Å². The molecule has 1 aliphatic carbocycles. The summed E-state index contributed by atoms with van der Waals surface area (Å²) in [4.78, 5) is 10.9. The number of benzene rings is 1. The molecule has 30 heavy (non-hydrogen) atoms. The Balaban J connectivity index is 1.87. The highest BCUT2D eigenvalue weighted by molar-refractivity contribution is 7.89. The largest absolute Gasteiger partial charge is 0.465 e. The zero-order chi connectivity index (χ0) is 22.1. The third-order valence-corrected chi connectivity index (χ3v) is 6.10. The Labute approximate surface area is 170 Å². The van der Waals surface area contributed by atoms with Crippen molar-refractivity contribution in [2.24, 2.45) is 0 Å². The van der Waals surface area contributed by atoms with Crippen LogP contribution in [0.4, 0.5) is 17.6 Å². The number of alkyl halides is 3. The zero-order valence-corrected chi connectivity index (χ0v) is 16.7. The molecule has 1 atom stereocenters. The number of hydrogen-bond acceptors (Lipinski definition) is 5. The summed E-state index contributed by atoms with van der Waals surface area (Å²) in [5.74, 6) is -1.80. The van der Waals surface area contributed by atoms with Crippen molar-refractivity contribution < 1.29 is 35.5 Å². The van der Waals surface area contributed by atoms with Gasteiger partial charge in [0.05, 0.1) is 29.3 Å². The van der Waals surface area contributed by atoms with Crippen LogP contribution in [0.5, 0.6) is 0 Å². The summed E-state index contributed by atoms with van der Waals surface area (Å²) in [5.41, 5.74) is -0.242. The van der Waals surface area contributed by atoms with Gasteiger partial charge in [0, 0.05) is 11.3 Å². The first-order chi connectivity index (χ1) is 14.0. The summed E-state index contributed by atoms with van der Waals surface area (Å²) in [5, 5.41) is 4.11. The first-order valence-electron chi connectivity index (χ1n) is 9.11. The van der Waals surface area contributed by atoms with E-state index < -0.39 is 44.5 Å². The van der Waals surface area contributed by atoms with Gasteiger partial charge in [0.1, 0.15) is 12.4 Å². The average molecular weight is 449 g/mol. The standard InChI is InChI=1S/C18H19F4N3O4S/c1-2-29-17(26)10-25-16-5-3-4-15(14(16)9-23-25)24-30(27,28)13-7-11(18(20,21)22)6-12(19)8-13/h6-9,15,24H,2-5,10H2,1H3. The van der Waals surface area contributed by atoms with E-state index in [-0.39, 0.29) is 19.2 Å². The van der Waals surface area contributed by atoms with Crippen LogP contribution in [0.15, 0.2) is 29.3 Å². The summed E-state index contributed by atoms with van der Waals surface area (Å²) < 4.78 is 86.4. The monoisotopic (exact) mass is 449 g/mol. The fourth-order valence-electron chi connectivity index (χ4n) is 3.34. The molecule has 0 fully saturated rings. The van der Waals surface area contributed by atoms with E-state index in [1.54, 1.807) is 6.92 Å². The van der Waals surface area contributed by atoms with Gasteiger partial charge >= 0.3 is 12.1 Å². The number of halogens is 4. The number of esters is 1. The van der Waals surface area contributed by atoms with Gasteiger partial charge in [0.2, 0.25) is 10.0 Å². The first-order valence-corrected chi connectivity index (χ1v) is 10.6. The molecule has 0 spiro atoms. The number of ether oxygens (including phenoxy) is 1. The fourth-order valence-corrected chi connectivity index (χ4v) is 4.65. The minimum absolute atomic E-state index is 0.137. The van der Waals surface area contributed by atoms with Crippen molar-refractivity contribution in [2.45, 2.75) is 49.8 Å². The van der Waals surface area contributed by atoms with Crippen molar-refractivity contribution in [3.05, 3.63) is 47.0 Å². The molecule has 1 N–H and O–H groups in total. The van der Waals surface area contributed by atoms with Gasteiger partial charge in [0.15, 0.2) is 0 Å². The maximum Gasteiger partial charge on any atom is 0.416 e. The van der Waals surface area contributed by atoms with Crippen molar-refractivity contribution in [3.63, 3.8) is 0 Å². The lowest BCUT2D eigenvalue weighted by atomic mass is 9.94. The molecule has 0 radical (unpaired) electrons. The minimum Gasteiger partial charge on any atom is -0.465 e. The third kappa shape index (κ3) is 4.81. The van der Waals surface area contributed by atoms with Gasteiger partial charge < -0.3 is 4.74 Å². The highest BCUT2D eigenvalue weighted by atomic mass is 32.2. The summed E-state index contributed by atoms with van der Waals surface area (Å²) >= 11 is 0. The minimum atomic E-state index is -4.89. The van der Waals surface area contributed by atoms with Crippen LogP contribution in [0, 0.1) is 5.82 Å². The smallest absolute Gasteiger partial charge is 0.416 e. The molecule has 0 bridgehead atoms. The maximum atomic E-state index is 13.6. The van der Waals surface area contributed by atoms with Crippen LogP contribution in [0.1, 0.15) is 42.6 Å². The van der Waals surface area contributed by atoms with E-state index in [4.69, 9.17) is 4.74 Å². The number of aromatic nitrogens is 2. The molecular weight excluding hydrogens is 430 g/mol. The second-order valence-corrected chi connectivity index (χ2v) is 8.46. The fraction of sp³-hybridized carbons (Fsp3) is 0.444. The lowest BCUT2D eigenvalue weighted by molar-refractivity contribution is -0.144. The van der Waals surface area contributed by atoms with E-state index in [0.29, 0.717) is 42.7 Å². The normalized spacial score (nSPS) is 16.9. The summed E-state index contributed by atoms with van der Waals surface area (Å²) in [6.45, 7) is 1.73.